The van der Waals surface area contributed by atoms with E-state index in [9.17, 15) is 0 Å². The number of imidazole rings is 1. The van der Waals surface area contributed by atoms with Gasteiger partial charge in [0.25, 0.3) is 0 Å². The van der Waals surface area contributed by atoms with Crippen LogP contribution in [0.25, 0.3) is 0 Å². The van der Waals surface area contributed by atoms with Crippen molar-refractivity contribution in [3.8, 4) is 0 Å². The average Bonchev–Trinajstić information content (AvgIpc) is 3.21. The first-order chi connectivity index (χ1) is 10.8. The molecule has 0 fully saturated rings. The van der Waals surface area contributed by atoms with Crippen LogP contribution < -0.4 is 0 Å². The van der Waals surface area contributed by atoms with Gasteiger partial charge in [-0.3, -0.25) is 0 Å². The molecule has 5 heteroatoms. The summed E-state index contributed by atoms with van der Waals surface area (Å²) in [4.78, 5) is 4.05. The number of benzene rings is 1. The summed E-state index contributed by atoms with van der Waals surface area (Å²) in [5.41, 5.74) is 1.05. The molecular formula is C17H17ClN2O2. The van der Waals surface area contributed by atoms with E-state index < -0.39 is 0 Å². The van der Waals surface area contributed by atoms with Gasteiger partial charge in [0, 0.05) is 24.0 Å². The lowest BCUT2D eigenvalue weighted by atomic mass is 10.2. The molecular weight excluding hydrogens is 300 g/mol. The topological polar surface area (TPSA) is 40.2 Å². The van der Waals surface area contributed by atoms with Crippen LogP contribution in [0.3, 0.4) is 0 Å². The van der Waals surface area contributed by atoms with Gasteiger partial charge < -0.3 is 13.7 Å². The minimum Gasteiger partial charge on any atom is -0.467 e. The standard InChI is InChI=1S/C17H17ClN2O2/c18-15-4-1-3-14(11-15)12-22-17(16-5-2-10-21-16)6-8-20-9-7-19-13-20/h1-5,7,9-11,13,17H,6,8,12H2. The lowest BCUT2D eigenvalue weighted by Crippen LogP contribution is -2.08. The first-order valence-electron chi connectivity index (χ1n) is 7.16. The highest BCUT2D eigenvalue weighted by Gasteiger charge is 2.15. The van der Waals surface area contributed by atoms with Crippen LogP contribution in [0.1, 0.15) is 23.8 Å². The van der Waals surface area contributed by atoms with Crippen molar-refractivity contribution < 1.29 is 9.15 Å². The molecule has 114 valence electrons. The van der Waals surface area contributed by atoms with Crippen molar-refractivity contribution in [1.29, 1.82) is 0 Å². The Hall–Kier alpha value is -2.04. The number of ether oxygens (including phenoxy) is 1. The molecule has 1 atom stereocenters. The monoisotopic (exact) mass is 316 g/mol. The van der Waals surface area contributed by atoms with Crippen molar-refractivity contribution in [3.63, 3.8) is 0 Å². The largest absolute Gasteiger partial charge is 0.467 e. The van der Waals surface area contributed by atoms with Crippen LogP contribution in [0.4, 0.5) is 0 Å². The molecule has 3 rings (SSSR count). The fraction of sp³-hybridized carbons (Fsp3) is 0.235. The van der Waals surface area contributed by atoms with Crippen LogP contribution in [-0.4, -0.2) is 9.55 Å². The number of aryl methyl sites for hydroxylation is 1. The maximum Gasteiger partial charge on any atom is 0.132 e. The Bertz CT molecular complexity index is 681. The van der Waals surface area contributed by atoms with Crippen molar-refractivity contribution in [3.05, 3.63) is 77.7 Å². The first kappa shape index (κ1) is 14.9. The molecule has 0 aliphatic heterocycles. The van der Waals surface area contributed by atoms with E-state index in [0.29, 0.717) is 11.6 Å². The van der Waals surface area contributed by atoms with Crippen molar-refractivity contribution in [2.75, 3.05) is 0 Å². The van der Waals surface area contributed by atoms with Gasteiger partial charge in [-0.1, -0.05) is 23.7 Å². The Morgan fingerprint density at radius 2 is 2.23 bits per heavy atom. The quantitative estimate of drug-likeness (QED) is 0.645. The van der Waals surface area contributed by atoms with E-state index in [0.717, 1.165) is 24.3 Å². The van der Waals surface area contributed by atoms with Gasteiger partial charge in [-0.15, -0.1) is 0 Å². The van der Waals surface area contributed by atoms with E-state index in [1.807, 2.05) is 47.2 Å². The summed E-state index contributed by atoms with van der Waals surface area (Å²) in [5.74, 6) is 0.835. The van der Waals surface area contributed by atoms with Crippen molar-refractivity contribution in [1.82, 2.24) is 9.55 Å². The molecule has 0 radical (unpaired) electrons. The van der Waals surface area contributed by atoms with E-state index >= 15 is 0 Å². The maximum atomic E-state index is 6.04. The molecule has 1 unspecified atom stereocenters. The SMILES string of the molecule is Clc1cccc(COC(CCn2ccnc2)c2ccco2)c1. The van der Waals surface area contributed by atoms with Gasteiger partial charge in [-0.05, 0) is 36.2 Å². The van der Waals surface area contributed by atoms with Crippen LogP contribution in [0.15, 0.2) is 65.8 Å². The summed E-state index contributed by atoms with van der Waals surface area (Å²) in [7, 11) is 0. The Labute approximate surface area is 134 Å². The molecule has 22 heavy (non-hydrogen) atoms. The van der Waals surface area contributed by atoms with Gasteiger partial charge in [-0.25, -0.2) is 4.98 Å². The van der Waals surface area contributed by atoms with Crippen LogP contribution in [0.2, 0.25) is 5.02 Å². The number of halogens is 1. The molecule has 0 saturated heterocycles. The summed E-state index contributed by atoms with van der Waals surface area (Å²) in [5, 5.41) is 0.717. The molecule has 0 amide bonds. The van der Waals surface area contributed by atoms with Crippen LogP contribution in [0, 0.1) is 0 Å². The third-order valence-corrected chi connectivity index (χ3v) is 3.64. The summed E-state index contributed by atoms with van der Waals surface area (Å²) >= 11 is 6.00. The molecule has 0 saturated carbocycles. The molecule has 0 aliphatic rings. The Morgan fingerprint density at radius 1 is 1.27 bits per heavy atom. The molecule has 0 bridgehead atoms. The van der Waals surface area contributed by atoms with Gasteiger partial charge in [0.2, 0.25) is 0 Å². The van der Waals surface area contributed by atoms with Gasteiger partial charge in [0.1, 0.15) is 11.9 Å². The fourth-order valence-electron chi connectivity index (χ4n) is 2.29. The third kappa shape index (κ3) is 4.00. The lowest BCUT2D eigenvalue weighted by molar-refractivity contribution is 0.0170. The molecule has 0 spiro atoms. The van der Waals surface area contributed by atoms with Gasteiger partial charge in [0.05, 0.1) is 19.2 Å². The van der Waals surface area contributed by atoms with Crippen LogP contribution in [-0.2, 0) is 17.9 Å². The number of furan rings is 1. The van der Waals surface area contributed by atoms with E-state index in [4.69, 9.17) is 20.8 Å². The van der Waals surface area contributed by atoms with Crippen LogP contribution >= 0.6 is 11.6 Å². The van der Waals surface area contributed by atoms with Gasteiger partial charge >= 0.3 is 0 Å². The molecule has 2 aromatic heterocycles. The average molecular weight is 317 g/mol. The van der Waals surface area contributed by atoms with E-state index in [-0.39, 0.29) is 6.10 Å². The predicted molar refractivity (Wildman–Crippen MR) is 84.5 cm³/mol. The highest BCUT2D eigenvalue weighted by atomic mass is 35.5. The van der Waals surface area contributed by atoms with Crippen molar-refractivity contribution in [2.45, 2.75) is 25.7 Å². The zero-order valence-electron chi connectivity index (χ0n) is 12.1. The molecule has 0 aliphatic carbocycles. The molecule has 4 nitrogen and oxygen atoms in total. The highest BCUT2D eigenvalue weighted by Crippen LogP contribution is 2.24. The second kappa shape index (κ2) is 7.29. The van der Waals surface area contributed by atoms with Crippen molar-refractivity contribution >= 4 is 11.6 Å². The number of hydrogen-bond donors (Lipinski definition) is 0. The van der Waals surface area contributed by atoms with Crippen LogP contribution in [0.5, 0.6) is 0 Å². The maximum absolute atomic E-state index is 6.04. The van der Waals surface area contributed by atoms with Gasteiger partial charge in [-0.2, -0.15) is 0 Å². The lowest BCUT2D eigenvalue weighted by Gasteiger charge is -2.16. The number of nitrogens with zero attached hydrogens (tertiary/aromatic N) is 2. The predicted octanol–water partition coefficient (Wildman–Crippen LogP) is 4.48. The third-order valence-electron chi connectivity index (χ3n) is 3.41. The Balaban J connectivity index is 1.63. The van der Waals surface area contributed by atoms with E-state index in [1.165, 1.54) is 0 Å². The summed E-state index contributed by atoms with van der Waals surface area (Å²) in [6.45, 7) is 1.32. The smallest absolute Gasteiger partial charge is 0.132 e. The van der Waals surface area contributed by atoms with Crippen molar-refractivity contribution in [2.24, 2.45) is 0 Å². The second-order valence-corrected chi connectivity index (χ2v) is 5.47. The molecule has 2 heterocycles. The van der Waals surface area contributed by atoms with Gasteiger partial charge in [0.15, 0.2) is 0 Å². The minimum atomic E-state index is -0.101. The fourth-order valence-corrected chi connectivity index (χ4v) is 2.50. The molecule has 1 aromatic carbocycles. The zero-order chi connectivity index (χ0) is 15.2. The molecule has 0 N–H and O–H groups in total. The van der Waals surface area contributed by atoms with E-state index in [2.05, 4.69) is 4.98 Å². The number of rotatable bonds is 7. The summed E-state index contributed by atoms with van der Waals surface area (Å²) in [6.07, 6.45) is 7.89. The minimum absolute atomic E-state index is 0.101. The normalized spacial score (nSPS) is 12.4. The molecule has 3 aromatic rings. The van der Waals surface area contributed by atoms with E-state index in [1.54, 1.807) is 18.8 Å². The number of aromatic nitrogens is 2. The Kier molecular flexibility index (Phi) is 4.93. The summed E-state index contributed by atoms with van der Waals surface area (Å²) in [6, 6.07) is 11.5. The zero-order valence-corrected chi connectivity index (χ0v) is 12.8. The first-order valence-corrected chi connectivity index (χ1v) is 7.54. The summed E-state index contributed by atoms with van der Waals surface area (Å²) < 4.78 is 13.6. The second-order valence-electron chi connectivity index (χ2n) is 5.03. The Morgan fingerprint density at radius 3 is 2.95 bits per heavy atom. The number of hydrogen-bond acceptors (Lipinski definition) is 3. The highest BCUT2D eigenvalue weighted by molar-refractivity contribution is 6.30.